The smallest absolute Gasteiger partial charge is 0.193 e. The van der Waals surface area contributed by atoms with Crippen molar-refractivity contribution < 1.29 is 4.74 Å². The zero-order valence-electron chi connectivity index (χ0n) is 15.5. The summed E-state index contributed by atoms with van der Waals surface area (Å²) in [4.78, 5) is 9.35. The van der Waals surface area contributed by atoms with Crippen molar-refractivity contribution in [2.24, 2.45) is 10.9 Å². The molecule has 1 atom stereocenters. The highest BCUT2D eigenvalue weighted by Gasteiger charge is 2.35. The van der Waals surface area contributed by atoms with Gasteiger partial charge in [0.25, 0.3) is 0 Å². The van der Waals surface area contributed by atoms with Crippen LogP contribution in [0.2, 0.25) is 0 Å². The van der Waals surface area contributed by atoms with E-state index in [4.69, 9.17) is 4.74 Å². The molecule has 2 aliphatic rings. The van der Waals surface area contributed by atoms with Crippen LogP contribution < -0.4 is 5.32 Å². The minimum atomic E-state index is 0.177. The summed E-state index contributed by atoms with van der Waals surface area (Å²) in [5, 5.41) is 4.36. The molecule has 0 aromatic carbocycles. The van der Waals surface area contributed by atoms with E-state index in [1.807, 2.05) is 7.05 Å². The first kappa shape index (κ1) is 18.9. The molecule has 2 heterocycles. The number of nitrogens with zero attached hydrogens (tertiary/aromatic N) is 3. The van der Waals surface area contributed by atoms with Gasteiger partial charge in [0.15, 0.2) is 5.96 Å². The standard InChI is InChI=1S/C17H34N4OS/c1-14(2)15-12-21(8-11-23-15)16(18-3)19-13-17(20(4)5)6-9-22-10-7-17/h14-15H,6-13H2,1-5H3,(H,18,19). The number of likely N-dealkylation sites (N-methyl/N-ethyl adjacent to an activating group) is 1. The number of hydrogen-bond donors (Lipinski definition) is 1. The van der Waals surface area contributed by atoms with Gasteiger partial charge in [0, 0.05) is 56.4 Å². The van der Waals surface area contributed by atoms with E-state index >= 15 is 0 Å². The van der Waals surface area contributed by atoms with Gasteiger partial charge >= 0.3 is 0 Å². The average molecular weight is 343 g/mol. The first-order chi connectivity index (χ1) is 11.0. The van der Waals surface area contributed by atoms with Crippen LogP contribution in [-0.4, -0.2) is 86.3 Å². The molecule has 0 aromatic heterocycles. The van der Waals surface area contributed by atoms with Crippen molar-refractivity contribution in [3.05, 3.63) is 0 Å². The molecular weight excluding hydrogens is 308 g/mol. The molecule has 0 bridgehead atoms. The molecule has 134 valence electrons. The molecule has 2 saturated heterocycles. The van der Waals surface area contributed by atoms with Crippen molar-refractivity contribution in [2.75, 3.05) is 59.7 Å². The third kappa shape index (κ3) is 4.77. The molecule has 1 N–H and O–H groups in total. The number of thioether (sulfide) groups is 1. The molecule has 5 nitrogen and oxygen atoms in total. The first-order valence-corrected chi connectivity index (χ1v) is 9.86. The first-order valence-electron chi connectivity index (χ1n) is 8.81. The van der Waals surface area contributed by atoms with Gasteiger partial charge in [0.2, 0.25) is 0 Å². The van der Waals surface area contributed by atoms with E-state index in [-0.39, 0.29) is 5.54 Å². The molecule has 2 rings (SSSR count). The van der Waals surface area contributed by atoms with Crippen molar-refractivity contribution in [2.45, 2.75) is 37.5 Å². The van der Waals surface area contributed by atoms with Gasteiger partial charge in [-0.15, -0.1) is 0 Å². The van der Waals surface area contributed by atoms with E-state index in [0.717, 1.165) is 51.6 Å². The van der Waals surface area contributed by atoms with Crippen LogP contribution in [0.3, 0.4) is 0 Å². The van der Waals surface area contributed by atoms with Crippen molar-refractivity contribution in [3.63, 3.8) is 0 Å². The summed E-state index contributed by atoms with van der Waals surface area (Å²) < 4.78 is 5.57. The third-order valence-corrected chi connectivity index (χ3v) is 6.84. The predicted molar refractivity (Wildman–Crippen MR) is 100 cm³/mol. The van der Waals surface area contributed by atoms with E-state index in [9.17, 15) is 0 Å². The molecule has 2 aliphatic heterocycles. The van der Waals surface area contributed by atoms with Crippen LogP contribution in [0.15, 0.2) is 4.99 Å². The predicted octanol–water partition coefficient (Wildman–Crippen LogP) is 1.75. The average Bonchev–Trinajstić information content (AvgIpc) is 2.56. The largest absolute Gasteiger partial charge is 0.381 e. The number of guanidine groups is 1. The number of rotatable bonds is 4. The van der Waals surface area contributed by atoms with Crippen molar-refractivity contribution >= 4 is 17.7 Å². The van der Waals surface area contributed by atoms with E-state index < -0.39 is 0 Å². The van der Waals surface area contributed by atoms with Gasteiger partial charge in [0.05, 0.1) is 0 Å². The summed E-state index contributed by atoms with van der Waals surface area (Å²) in [6, 6.07) is 0. The topological polar surface area (TPSA) is 40.1 Å². The van der Waals surface area contributed by atoms with E-state index in [2.05, 4.69) is 59.8 Å². The zero-order chi connectivity index (χ0) is 16.9. The SMILES string of the molecule is CN=C(NCC1(N(C)C)CCOCC1)N1CCSC(C(C)C)C1. The van der Waals surface area contributed by atoms with Crippen molar-refractivity contribution in [1.82, 2.24) is 15.1 Å². The summed E-state index contributed by atoms with van der Waals surface area (Å²) in [5.41, 5.74) is 0.177. The summed E-state index contributed by atoms with van der Waals surface area (Å²) in [7, 11) is 6.27. The Kier molecular flexibility index (Phi) is 7.04. The summed E-state index contributed by atoms with van der Waals surface area (Å²) in [6.07, 6.45) is 2.16. The minimum Gasteiger partial charge on any atom is -0.381 e. The van der Waals surface area contributed by atoms with Crippen LogP contribution in [0, 0.1) is 5.92 Å². The summed E-state index contributed by atoms with van der Waals surface area (Å²) in [5.74, 6) is 2.96. The van der Waals surface area contributed by atoms with Crippen LogP contribution in [-0.2, 0) is 4.74 Å². The van der Waals surface area contributed by atoms with Crippen LogP contribution >= 0.6 is 11.8 Å². The number of nitrogens with one attached hydrogen (secondary N) is 1. The fourth-order valence-corrected chi connectivity index (χ4v) is 4.68. The molecule has 23 heavy (non-hydrogen) atoms. The minimum absolute atomic E-state index is 0.177. The summed E-state index contributed by atoms with van der Waals surface area (Å²) >= 11 is 2.10. The second-order valence-corrected chi connectivity index (χ2v) is 8.58. The fourth-order valence-electron chi connectivity index (χ4n) is 3.38. The van der Waals surface area contributed by atoms with Crippen molar-refractivity contribution in [3.8, 4) is 0 Å². The second kappa shape index (κ2) is 8.58. The number of hydrogen-bond acceptors (Lipinski definition) is 4. The Labute approximate surface area is 146 Å². The molecule has 0 saturated carbocycles. The van der Waals surface area contributed by atoms with Crippen LogP contribution in [0.25, 0.3) is 0 Å². The maximum atomic E-state index is 5.57. The van der Waals surface area contributed by atoms with Gasteiger partial charge in [-0.05, 0) is 32.9 Å². The molecule has 0 aliphatic carbocycles. The van der Waals surface area contributed by atoms with Crippen molar-refractivity contribution in [1.29, 1.82) is 0 Å². The monoisotopic (exact) mass is 342 g/mol. The van der Waals surface area contributed by atoms with Gasteiger partial charge in [0.1, 0.15) is 0 Å². The Balaban J connectivity index is 1.96. The van der Waals surface area contributed by atoms with Gasteiger partial charge < -0.3 is 19.9 Å². The molecular formula is C17H34N4OS. The summed E-state index contributed by atoms with van der Waals surface area (Å²) in [6.45, 7) is 9.47. The Morgan fingerprint density at radius 1 is 1.39 bits per heavy atom. The third-order valence-electron chi connectivity index (χ3n) is 5.30. The normalized spacial score (nSPS) is 26.0. The molecule has 0 amide bonds. The quantitative estimate of drug-likeness (QED) is 0.622. The second-order valence-electron chi connectivity index (χ2n) is 7.23. The maximum absolute atomic E-state index is 5.57. The Hall–Kier alpha value is -0.460. The van der Waals surface area contributed by atoms with Gasteiger partial charge in [-0.3, -0.25) is 4.99 Å². The van der Waals surface area contributed by atoms with Gasteiger partial charge in [-0.1, -0.05) is 13.8 Å². The highest BCUT2D eigenvalue weighted by molar-refractivity contribution is 8.00. The van der Waals surface area contributed by atoms with Crippen LogP contribution in [0.5, 0.6) is 0 Å². The molecule has 0 aromatic rings. The maximum Gasteiger partial charge on any atom is 0.193 e. The lowest BCUT2D eigenvalue weighted by Gasteiger charge is -2.44. The van der Waals surface area contributed by atoms with Gasteiger partial charge in [-0.25, -0.2) is 0 Å². The molecule has 2 fully saturated rings. The lowest BCUT2D eigenvalue weighted by molar-refractivity contribution is -0.00525. The fraction of sp³-hybridized carbons (Fsp3) is 0.941. The van der Waals surface area contributed by atoms with Crippen LogP contribution in [0.4, 0.5) is 0 Å². The Morgan fingerprint density at radius 2 is 2.09 bits per heavy atom. The molecule has 6 heteroatoms. The number of ether oxygens (including phenoxy) is 1. The van der Waals surface area contributed by atoms with E-state index in [1.165, 1.54) is 5.75 Å². The highest BCUT2D eigenvalue weighted by atomic mass is 32.2. The van der Waals surface area contributed by atoms with Gasteiger partial charge in [-0.2, -0.15) is 11.8 Å². The molecule has 1 unspecified atom stereocenters. The van der Waals surface area contributed by atoms with Crippen LogP contribution in [0.1, 0.15) is 26.7 Å². The molecule has 0 radical (unpaired) electrons. The molecule has 0 spiro atoms. The highest BCUT2D eigenvalue weighted by Crippen LogP contribution is 2.26. The Bertz CT molecular complexity index is 394. The number of aliphatic imine (C=N–C) groups is 1. The Morgan fingerprint density at radius 3 is 2.65 bits per heavy atom. The van der Waals surface area contributed by atoms with E-state index in [1.54, 1.807) is 0 Å². The lowest BCUT2D eigenvalue weighted by Crippen LogP contribution is -2.58. The van der Waals surface area contributed by atoms with E-state index in [0.29, 0.717) is 11.2 Å². The zero-order valence-corrected chi connectivity index (χ0v) is 16.3. The lowest BCUT2D eigenvalue weighted by atomic mass is 9.88.